The minimum Gasteiger partial charge on any atom is -0.489 e. The molecule has 0 atom stereocenters. The van der Waals surface area contributed by atoms with Gasteiger partial charge in [0, 0.05) is 44.5 Å². The van der Waals surface area contributed by atoms with E-state index < -0.39 is 0 Å². The van der Waals surface area contributed by atoms with Crippen LogP contribution in [0.1, 0.15) is 17.5 Å². The van der Waals surface area contributed by atoms with Crippen molar-refractivity contribution < 1.29 is 4.74 Å². The number of hydrogen-bond donors (Lipinski definition) is 0. The van der Waals surface area contributed by atoms with Gasteiger partial charge in [0.1, 0.15) is 12.4 Å². The van der Waals surface area contributed by atoms with Crippen LogP contribution in [0.5, 0.6) is 5.75 Å². The molecule has 0 radical (unpaired) electrons. The Balaban J connectivity index is 1.37. The average Bonchev–Trinajstić information content (AvgIpc) is 3.00. The number of anilines is 1. The maximum atomic E-state index is 6.13. The highest BCUT2D eigenvalue weighted by molar-refractivity contribution is 5.37. The number of rotatable bonds is 6. The SMILES string of the molecule is c1ccc(COc2ccccc2CN2CCCN(c3cccnn3)CC2)cc1. The van der Waals surface area contributed by atoms with Crippen molar-refractivity contribution in [3.05, 3.63) is 84.1 Å². The Labute approximate surface area is 166 Å². The summed E-state index contributed by atoms with van der Waals surface area (Å²) in [6.07, 6.45) is 2.84. The lowest BCUT2D eigenvalue weighted by atomic mass is 10.1. The van der Waals surface area contributed by atoms with E-state index in [1.54, 1.807) is 6.20 Å². The normalized spacial score (nSPS) is 15.2. The van der Waals surface area contributed by atoms with Crippen molar-refractivity contribution in [2.24, 2.45) is 0 Å². The molecule has 0 N–H and O–H groups in total. The molecule has 2 heterocycles. The highest BCUT2D eigenvalue weighted by Crippen LogP contribution is 2.22. The topological polar surface area (TPSA) is 41.5 Å². The van der Waals surface area contributed by atoms with Gasteiger partial charge in [0.05, 0.1) is 0 Å². The lowest BCUT2D eigenvalue weighted by Gasteiger charge is -2.23. The van der Waals surface area contributed by atoms with E-state index in [0.717, 1.165) is 50.7 Å². The highest BCUT2D eigenvalue weighted by Gasteiger charge is 2.17. The van der Waals surface area contributed by atoms with Crippen LogP contribution in [0.4, 0.5) is 5.82 Å². The van der Waals surface area contributed by atoms with Gasteiger partial charge in [-0.3, -0.25) is 4.90 Å². The first-order valence-electron chi connectivity index (χ1n) is 9.88. The number of ether oxygens (including phenoxy) is 1. The smallest absolute Gasteiger partial charge is 0.151 e. The van der Waals surface area contributed by atoms with Crippen LogP contribution >= 0.6 is 0 Å². The molecule has 5 nitrogen and oxygen atoms in total. The van der Waals surface area contributed by atoms with Gasteiger partial charge in [0.15, 0.2) is 5.82 Å². The Morgan fingerprint density at radius 1 is 0.821 bits per heavy atom. The molecule has 0 bridgehead atoms. The molecular weight excluding hydrogens is 348 g/mol. The summed E-state index contributed by atoms with van der Waals surface area (Å²) in [7, 11) is 0. The predicted molar refractivity (Wildman–Crippen MR) is 111 cm³/mol. The van der Waals surface area contributed by atoms with Crippen LogP contribution in [0.25, 0.3) is 0 Å². The van der Waals surface area contributed by atoms with Crippen molar-refractivity contribution in [1.29, 1.82) is 0 Å². The van der Waals surface area contributed by atoms with E-state index in [1.165, 1.54) is 11.1 Å². The highest BCUT2D eigenvalue weighted by atomic mass is 16.5. The van der Waals surface area contributed by atoms with Crippen LogP contribution in [-0.2, 0) is 13.2 Å². The largest absolute Gasteiger partial charge is 0.489 e. The van der Waals surface area contributed by atoms with Crippen LogP contribution in [0.15, 0.2) is 72.9 Å². The number of benzene rings is 2. The zero-order valence-electron chi connectivity index (χ0n) is 16.1. The third-order valence-electron chi connectivity index (χ3n) is 5.07. The van der Waals surface area contributed by atoms with Gasteiger partial charge in [-0.25, -0.2) is 0 Å². The van der Waals surface area contributed by atoms with Crippen molar-refractivity contribution in [2.45, 2.75) is 19.6 Å². The van der Waals surface area contributed by atoms with E-state index in [2.05, 4.69) is 50.3 Å². The monoisotopic (exact) mass is 374 g/mol. The number of aromatic nitrogens is 2. The maximum absolute atomic E-state index is 6.13. The lowest BCUT2D eigenvalue weighted by Crippen LogP contribution is -2.31. The van der Waals surface area contributed by atoms with Crippen molar-refractivity contribution in [2.75, 3.05) is 31.1 Å². The minimum absolute atomic E-state index is 0.596. The molecule has 3 aromatic rings. The van der Waals surface area contributed by atoms with Gasteiger partial charge in [-0.05, 0) is 30.2 Å². The Kier molecular flexibility index (Phi) is 6.15. The average molecular weight is 374 g/mol. The van der Waals surface area contributed by atoms with E-state index in [4.69, 9.17) is 4.74 Å². The summed E-state index contributed by atoms with van der Waals surface area (Å²) >= 11 is 0. The molecule has 5 heteroatoms. The maximum Gasteiger partial charge on any atom is 0.151 e. The molecule has 1 aliphatic rings. The molecule has 1 fully saturated rings. The van der Waals surface area contributed by atoms with Gasteiger partial charge in [0.25, 0.3) is 0 Å². The fourth-order valence-corrected chi connectivity index (χ4v) is 3.57. The zero-order valence-corrected chi connectivity index (χ0v) is 16.1. The molecule has 4 rings (SSSR count). The quantitative estimate of drug-likeness (QED) is 0.657. The Bertz CT molecular complexity index is 857. The molecule has 0 spiro atoms. The Morgan fingerprint density at radius 2 is 1.68 bits per heavy atom. The second-order valence-electron chi connectivity index (χ2n) is 7.08. The van der Waals surface area contributed by atoms with E-state index >= 15 is 0 Å². The summed E-state index contributed by atoms with van der Waals surface area (Å²) in [6, 6.07) is 22.7. The molecule has 1 aromatic heterocycles. The van der Waals surface area contributed by atoms with Crippen molar-refractivity contribution in [1.82, 2.24) is 15.1 Å². The van der Waals surface area contributed by atoms with Gasteiger partial charge < -0.3 is 9.64 Å². The zero-order chi connectivity index (χ0) is 19.0. The van der Waals surface area contributed by atoms with Gasteiger partial charge in [-0.15, -0.1) is 5.10 Å². The molecule has 0 aliphatic carbocycles. The van der Waals surface area contributed by atoms with Gasteiger partial charge in [0.2, 0.25) is 0 Å². The standard InChI is InChI=1S/C23H26N4O/c1-2-8-20(9-3-1)19-28-22-11-5-4-10-21(22)18-26-14-7-15-27(17-16-26)23-12-6-13-24-25-23/h1-6,8-13H,7,14-19H2. The summed E-state index contributed by atoms with van der Waals surface area (Å²) in [5.41, 5.74) is 2.43. The summed E-state index contributed by atoms with van der Waals surface area (Å²) < 4.78 is 6.13. The molecule has 2 aromatic carbocycles. The molecule has 1 saturated heterocycles. The van der Waals surface area contributed by atoms with Gasteiger partial charge in [-0.2, -0.15) is 5.10 Å². The van der Waals surface area contributed by atoms with Crippen LogP contribution < -0.4 is 9.64 Å². The van der Waals surface area contributed by atoms with E-state index in [-0.39, 0.29) is 0 Å². The summed E-state index contributed by atoms with van der Waals surface area (Å²) in [5.74, 6) is 1.94. The van der Waals surface area contributed by atoms with E-state index in [9.17, 15) is 0 Å². The molecule has 28 heavy (non-hydrogen) atoms. The lowest BCUT2D eigenvalue weighted by molar-refractivity contribution is 0.266. The van der Waals surface area contributed by atoms with Crippen molar-refractivity contribution in [3.8, 4) is 5.75 Å². The molecule has 0 saturated carbocycles. The fourth-order valence-electron chi connectivity index (χ4n) is 3.57. The van der Waals surface area contributed by atoms with Crippen LogP contribution in [0, 0.1) is 0 Å². The summed E-state index contributed by atoms with van der Waals surface area (Å²) in [4.78, 5) is 4.83. The number of para-hydroxylation sites is 1. The first-order valence-corrected chi connectivity index (χ1v) is 9.88. The Morgan fingerprint density at radius 3 is 2.54 bits per heavy atom. The first kappa shape index (κ1) is 18.4. The predicted octanol–water partition coefficient (Wildman–Crippen LogP) is 3.77. The fraction of sp³-hybridized carbons (Fsp3) is 0.304. The van der Waals surface area contributed by atoms with Gasteiger partial charge >= 0.3 is 0 Å². The molecule has 1 aliphatic heterocycles. The van der Waals surface area contributed by atoms with Crippen LogP contribution in [0.3, 0.4) is 0 Å². The Hall–Kier alpha value is -2.92. The van der Waals surface area contributed by atoms with Crippen LogP contribution in [-0.4, -0.2) is 41.3 Å². The third-order valence-corrected chi connectivity index (χ3v) is 5.07. The first-order chi connectivity index (χ1) is 13.9. The van der Waals surface area contributed by atoms with Crippen molar-refractivity contribution in [3.63, 3.8) is 0 Å². The van der Waals surface area contributed by atoms with E-state index in [1.807, 2.05) is 36.4 Å². The summed E-state index contributed by atoms with van der Waals surface area (Å²) in [6.45, 7) is 5.55. The van der Waals surface area contributed by atoms with E-state index in [0.29, 0.717) is 6.61 Å². The number of nitrogens with zero attached hydrogens (tertiary/aromatic N) is 4. The van der Waals surface area contributed by atoms with Gasteiger partial charge in [-0.1, -0.05) is 48.5 Å². The molecule has 0 unspecified atom stereocenters. The number of hydrogen-bond acceptors (Lipinski definition) is 5. The third kappa shape index (κ3) is 4.87. The second-order valence-corrected chi connectivity index (χ2v) is 7.08. The molecule has 0 amide bonds. The molecule has 144 valence electrons. The summed E-state index contributed by atoms with van der Waals surface area (Å²) in [5, 5.41) is 8.27. The van der Waals surface area contributed by atoms with Crippen molar-refractivity contribution >= 4 is 5.82 Å². The minimum atomic E-state index is 0.596. The van der Waals surface area contributed by atoms with Crippen LogP contribution in [0.2, 0.25) is 0 Å². The molecular formula is C23H26N4O. The second kappa shape index (κ2) is 9.33.